The standard InChI is InChI=1S/C30H25F3N6O4.BrH/c1-18-25(27(41)43-2)26(24-7-6-20(16-34)14-21(24)10-13-37-11-8-19(17-40)9-12-37)39-28(35-36-29(39)42)38(18)23-5-3-4-22(15-23)30(31,32)33;/h3-9,11-12,14-15,26,40H,10,13,17H2,1-2H3;1H. The van der Waals surface area contributed by atoms with Crippen molar-refractivity contribution < 1.29 is 49.4 Å². The van der Waals surface area contributed by atoms with E-state index in [1.807, 2.05) is 4.57 Å². The van der Waals surface area contributed by atoms with Crippen molar-refractivity contribution in [2.45, 2.75) is 38.7 Å². The number of nitrogens with zero attached hydrogens (tertiary/aromatic N) is 5. The molecule has 3 heterocycles. The quantitative estimate of drug-likeness (QED) is 0.219. The number of hydrogen-bond donors (Lipinski definition) is 2. The Balaban J connectivity index is 0.00000442. The van der Waals surface area contributed by atoms with Crippen molar-refractivity contribution >= 4 is 17.6 Å². The van der Waals surface area contributed by atoms with Gasteiger partial charge >= 0.3 is 17.8 Å². The van der Waals surface area contributed by atoms with E-state index in [2.05, 4.69) is 16.3 Å². The molecule has 2 N–H and O–H groups in total. The number of aliphatic hydroxyl groups is 1. The number of carbonyl (C=O) groups excluding carboxylic acids is 1. The molecule has 0 aliphatic carbocycles. The summed E-state index contributed by atoms with van der Waals surface area (Å²) in [5, 5.41) is 25.5. The predicted molar refractivity (Wildman–Crippen MR) is 147 cm³/mol. The Kier molecular flexibility index (Phi) is 9.41. The average Bonchev–Trinajstić information content (AvgIpc) is 3.39. The number of pyridine rings is 1. The summed E-state index contributed by atoms with van der Waals surface area (Å²) in [6.07, 6.45) is -0.640. The summed E-state index contributed by atoms with van der Waals surface area (Å²) in [6, 6.07) is 14.0. The third-order valence-electron chi connectivity index (χ3n) is 7.33. The van der Waals surface area contributed by atoms with Crippen molar-refractivity contribution in [2.24, 2.45) is 0 Å². The number of fused-ring (bicyclic) bond motifs is 1. The normalized spacial score (nSPS) is 14.5. The maximum Gasteiger partial charge on any atom is 0.416 e. The summed E-state index contributed by atoms with van der Waals surface area (Å²) in [5.41, 5.74) is 0.928. The molecule has 1 aliphatic rings. The van der Waals surface area contributed by atoms with E-state index in [9.17, 15) is 33.1 Å². The van der Waals surface area contributed by atoms with Gasteiger partial charge in [-0.25, -0.2) is 23.8 Å². The van der Waals surface area contributed by atoms with E-state index < -0.39 is 29.4 Å². The molecule has 1 unspecified atom stereocenters. The van der Waals surface area contributed by atoms with Crippen molar-refractivity contribution in [3.8, 4) is 6.07 Å². The van der Waals surface area contributed by atoms with E-state index in [-0.39, 0.29) is 46.5 Å². The lowest BCUT2D eigenvalue weighted by molar-refractivity contribution is -0.696. The van der Waals surface area contributed by atoms with Crippen LogP contribution in [0.15, 0.2) is 83.1 Å². The van der Waals surface area contributed by atoms with Gasteiger partial charge < -0.3 is 26.8 Å². The van der Waals surface area contributed by atoms with E-state index in [0.717, 1.165) is 17.7 Å². The molecule has 0 amide bonds. The molecule has 14 heteroatoms. The van der Waals surface area contributed by atoms with Crippen LogP contribution >= 0.6 is 0 Å². The van der Waals surface area contributed by atoms with E-state index in [4.69, 9.17) is 4.74 Å². The second-order valence-corrected chi connectivity index (χ2v) is 9.85. The molecule has 2 aromatic heterocycles. The molecule has 2 aromatic carbocycles. The molecule has 4 aromatic rings. The molecule has 0 fully saturated rings. The Bertz CT molecular complexity index is 1830. The SMILES string of the molecule is COC(=O)C1=C(C)N(c2cccc(C(F)(F)F)c2)c2n[nH]c(=O)n2C1c1ccc(C#N)cc1CC[n+]1ccc(CO)cc1.[Br-]. The topological polar surface area (TPSA) is 128 Å². The van der Waals surface area contributed by atoms with Crippen molar-refractivity contribution in [1.82, 2.24) is 14.8 Å². The van der Waals surface area contributed by atoms with Gasteiger partial charge in [-0.05, 0) is 53.9 Å². The van der Waals surface area contributed by atoms with Crippen LogP contribution in [0.1, 0.15) is 40.8 Å². The largest absolute Gasteiger partial charge is 1.00 e. The Hall–Kier alpha value is -4.74. The van der Waals surface area contributed by atoms with Crippen LogP contribution in [0, 0.1) is 11.3 Å². The van der Waals surface area contributed by atoms with Crippen LogP contribution in [0.4, 0.5) is 24.8 Å². The highest BCUT2D eigenvalue weighted by Gasteiger charge is 2.41. The molecule has 0 saturated carbocycles. The number of nitrogens with one attached hydrogen (secondary N) is 1. The minimum absolute atomic E-state index is 0. The van der Waals surface area contributed by atoms with E-state index in [0.29, 0.717) is 29.7 Å². The smallest absolute Gasteiger partial charge is 0.416 e. The first-order chi connectivity index (χ1) is 20.6. The number of alkyl halides is 3. The highest BCUT2D eigenvalue weighted by atomic mass is 79.9. The first-order valence-electron chi connectivity index (χ1n) is 13.1. The van der Waals surface area contributed by atoms with Gasteiger partial charge in [0.05, 0.1) is 36.5 Å². The maximum atomic E-state index is 13.6. The fourth-order valence-corrected chi connectivity index (χ4v) is 5.23. The Morgan fingerprint density at radius 1 is 1.18 bits per heavy atom. The van der Waals surface area contributed by atoms with E-state index >= 15 is 0 Å². The van der Waals surface area contributed by atoms with Gasteiger partial charge in [0, 0.05) is 29.9 Å². The van der Waals surface area contributed by atoms with Gasteiger partial charge in [0.1, 0.15) is 6.04 Å². The van der Waals surface area contributed by atoms with Gasteiger partial charge in [0.25, 0.3) is 0 Å². The Morgan fingerprint density at radius 2 is 1.91 bits per heavy atom. The van der Waals surface area contributed by atoms with Crippen LogP contribution in [0.2, 0.25) is 0 Å². The van der Waals surface area contributed by atoms with Crippen molar-refractivity contribution in [2.75, 3.05) is 12.0 Å². The molecule has 44 heavy (non-hydrogen) atoms. The van der Waals surface area contributed by atoms with Gasteiger partial charge in [-0.2, -0.15) is 18.4 Å². The lowest BCUT2D eigenvalue weighted by atomic mass is 9.89. The number of hydrogen-bond acceptors (Lipinski definition) is 7. The fourth-order valence-electron chi connectivity index (χ4n) is 5.23. The van der Waals surface area contributed by atoms with Crippen LogP contribution in [-0.4, -0.2) is 33.0 Å². The summed E-state index contributed by atoms with van der Waals surface area (Å²) >= 11 is 0. The predicted octanol–water partition coefficient (Wildman–Crippen LogP) is 0.676. The number of H-pyrrole nitrogens is 1. The summed E-state index contributed by atoms with van der Waals surface area (Å²) in [5.74, 6) is -0.814. The monoisotopic (exact) mass is 670 g/mol. The molecule has 0 spiro atoms. The molecular weight excluding hydrogens is 645 g/mol. The molecule has 0 bridgehead atoms. The van der Waals surface area contributed by atoms with Crippen molar-refractivity contribution in [3.05, 3.63) is 117 Å². The van der Waals surface area contributed by atoms with Gasteiger partial charge in [-0.3, -0.25) is 4.90 Å². The Morgan fingerprint density at radius 3 is 2.55 bits per heavy atom. The van der Waals surface area contributed by atoms with Crippen LogP contribution in [0.25, 0.3) is 0 Å². The second kappa shape index (κ2) is 12.9. The third kappa shape index (κ3) is 6.01. The number of ether oxygens (including phenoxy) is 1. The van der Waals surface area contributed by atoms with Gasteiger partial charge in [0.2, 0.25) is 5.95 Å². The van der Waals surface area contributed by atoms with Crippen LogP contribution in [0.3, 0.4) is 0 Å². The first-order valence-corrected chi connectivity index (χ1v) is 13.1. The van der Waals surface area contributed by atoms with Crippen molar-refractivity contribution in [3.63, 3.8) is 0 Å². The number of benzene rings is 2. The fraction of sp³-hybridized carbons (Fsp3) is 0.233. The second-order valence-electron chi connectivity index (χ2n) is 9.85. The number of carbonyl (C=O) groups is 1. The summed E-state index contributed by atoms with van der Waals surface area (Å²) in [6.45, 7) is 1.91. The lowest BCUT2D eigenvalue weighted by Crippen LogP contribution is -3.00. The molecule has 1 atom stereocenters. The number of aromatic amines is 1. The van der Waals surface area contributed by atoms with Gasteiger partial charge in [-0.1, -0.05) is 12.1 Å². The molecule has 228 valence electrons. The molecular formula is C30H26BrF3N6O4. The number of aliphatic hydroxyl groups excluding tert-OH is 1. The Labute approximate surface area is 260 Å². The van der Waals surface area contributed by atoms with E-state index in [1.54, 1.807) is 49.6 Å². The highest BCUT2D eigenvalue weighted by Crippen LogP contribution is 2.43. The number of rotatable bonds is 7. The number of nitriles is 1. The minimum Gasteiger partial charge on any atom is -1.00 e. The molecule has 5 rings (SSSR count). The molecule has 0 saturated heterocycles. The summed E-state index contributed by atoms with van der Waals surface area (Å²) in [7, 11) is 1.17. The van der Waals surface area contributed by atoms with Gasteiger partial charge in [-0.15, -0.1) is 5.10 Å². The zero-order valence-corrected chi connectivity index (χ0v) is 25.1. The van der Waals surface area contributed by atoms with Gasteiger partial charge in [0.15, 0.2) is 18.9 Å². The maximum absolute atomic E-state index is 13.6. The number of allylic oxidation sites excluding steroid dienone is 1. The number of methoxy groups -OCH3 is 1. The third-order valence-corrected chi connectivity index (χ3v) is 7.33. The molecule has 10 nitrogen and oxygen atoms in total. The van der Waals surface area contributed by atoms with Crippen LogP contribution in [0.5, 0.6) is 0 Å². The average molecular weight is 671 g/mol. The summed E-state index contributed by atoms with van der Waals surface area (Å²) in [4.78, 5) is 27.9. The van der Waals surface area contributed by atoms with E-state index in [1.165, 1.54) is 28.7 Å². The lowest BCUT2D eigenvalue weighted by Gasteiger charge is -2.36. The zero-order chi connectivity index (χ0) is 30.9. The molecule has 0 radical (unpaired) electrons. The zero-order valence-electron chi connectivity index (χ0n) is 23.5. The molecule has 1 aliphatic heterocycles. The number of esters is 1. The van der Waals surface area contributed by atoms with Crippen LogP contribution < -0.4 is 32.1 Å². The minimum atomic E-state index is -4.63. The number of anilines is 2. The summed E-state index contributed by atoms with van der Waals surface area (Å²) < 4.78 is 49.0. The number of aryl methyl sites for hydroxylation is 2. The van der Waals surface area contributed by atoms with Crippen LogP contribution in [-0.2, 0) is 35.3 Å². The first kappa shape index (κ1) is 32.2. The number of aromatic nitrogens is 4. The van der Waals surface area contributed by atoms with Crippen molar-refractivity contribution in [1.29, 1.82) is 5.26 Å². The highest BCUT2D eigenvalue weighted by molar-refractivity contribution is 5.93. The number of halogens is 4.